The van der Waals surface area contributed by atoms with Crippen LogP contribution < -0.4 is 15.5 Å². The average molecular weight is 334 g/mol. The second-order valence-corrected chi connectivity index (χ2v) is 7.47. The van der Waals surface area contributed by atoms with Gasteiger partial charge in [0.15, 0.2) is 0 Å². The van der Waals surface area contributed by atoms with Gasteiger partial charge in [-0.25, -0.2) is 9.78 Å². The zero-order valence-corrected chi connectivity index (χ0v) is 15.0. The Balaban J connectivity index is 1.78. The topological polar surface area (TPSA) is 77.5 Å². The minimum atomic E-state index is -0.370. The van der Waals surface area contributed by atoms with Crippen LogP contribution in [-0.4, -0.2) is 41.9 Å². The molecule has 0 aliphatic carbocycles. The van der Waals surface area contributed by atoms with Gasteiger partial charge in [-0.15, -0.1) is 0 Å². The molecule has 0 spiro atoms. The van der Waals surface area contributed by atoms with Crippen molar-refractivity contribution in [1.82, 2.24) is 15.6 Å². The summed E-state index contributed by atoms with van der Waals surface area (Å²) in [5.74, 6) is 0.991. The average Bonchev–Trinajstić information content (AvgIpc) is 3.04. The summed E-state index contributed by atoms with van der Waals surface area (Å²) < 4.78 is 0. The molecule has 2 heterocycles. The van der Waals surface area contributed by atoms with Crippen molar-refractivity contribution in [1.29, 1.82) is 0 Å². The van der Waals surface area contributed by atoms with Gasteiger partial charge in [-0.2, -0.15) is 0 Å². The molecule has 1 atom stereocenters. The molecular formula is C18H30N4O2. The first kappa shape index (κ1) is 18.5. The van der Waals surface area contributed by atoms with Crippen molar-refractivity contribution in [2.24, 2.45) is 5.41 Å². The van der Waals surface area contributed by atoms with Crippen LogP contribution >= 0.6 is 0 Å². The molecular weight excluding hydrogens is 304 g/mol. The second-order valence-electron chi connectivity index (χ2n) is 7.47. The number of rotatable bonds is 7. The molecule has 24 heavy (non-hydrogen) atoms. The minimum Gasteiger partial charge on any atom is -0.393 e. The smallest absolute Gasteiger partial charge is 0.315 e. The number of aliphatic hydroxyl groups is 1. The molecule has 2 rings (SSSR count). The molecule has 0 radical (unpaired) electrons. The molecule has 0 saturated carbocycles. The van der Waals surface area contributed by atoms with Gasteiger partial charge >= 0.3 is 6.03 Å². The lowest BCUT2D eigenvalue weighted by Crippen LogP contribution is -2.41. The number of amides is 2. The summed E-state index contributed by atoms with van der Waals surface area (Å²) in [6.45, 7) is 8.95. The van der Waals surface area contributed by atoms with Crippen molar-refractivity contribution in [2.75, 3.05) is 24.5 Å². The highest BCUT2D eigenvalue weighted by Crippen LogP contribution is 2.21. The van der Waals surface area contributed by atoms with Gasteiger partial charge < -0.3 is 20.6 Å². The highest BCUT2D eigenvalue weighted by atomic mass is 16.3. The van der Waals surface area contributed by atoms with Crippen LogP contribution in [0.25, 0.3) is 0 Å². The monoisotopic (exact) mass is 334 g/mol. The van der Waals surface area contributed by atoms with Crippen LogP contribution in [0, 0.1) is 5.41 Å². The van der Waals surface area contributed by atoms with E-state index >= 15 is 0 Å². The van der Waals surface area contributed by atoms with Gasteiger partial charge in [-0.3, -0.25) is 0 Å². The van der Waals surface area contributed by atoms with E-state index in [4.69, 9.17) is 0 Å². The van der Waals surface area contributed by atoms with Crippen LogP contribution in [0.3, 0.4) is 0 Å². The molecule has 1 aliphatic rings. The lowest BCUT2D eigenvalue weighted by Gasteiger charge is -2.26. The zero-order valence-electron chi connectivity index (χ0n) is 15.0. The van der Waals surface area contributed by atoms with Crippen molar-refractivity contribution in [3.05, 3.63) is 23.9 Å². The van der Waals surface area contributed by atoms with Crippen molar-refractivity contribution in [3.8, 4) is 0 Å². The van der Waals surface area contributed by atoms with Crippen molar-refractivity contribution >= 4 is 11.8 Å². The fourth-order valence-electron chi connectivity index (χ4n) is 3.13. The molecule has 134 valence electrons. The summed E-state index contributed by atoms with van der Waals surface area (Å²) in [6.07, 6.45) is 4.51. The number of nitrogens with zero attached hydrogens (tertiary/aromatic N) is 2. The lowest BCUT2D eigenvalue weighted by atomic mass is 9.87. The molecule has 1 fully saturated rings. The predicted molar refractivity (Wildman–Crippen MR) is 96.0 cm³/mol. The summed E-state index contributed by atoms with van der Waals surface area (Å²) in [5, 5.41) is 15.2. The van der Waals surface area contributed by atoms with Gasteiger partial charge in [0, 0.05) is 32.4 Å². The first-order valence-corrected chi connectivity index (χ1v) is 8.75. The van der Waals surface area contributed by atoms with Crippen molar-refractivity contribution in [3.63, 3.8) is 0 Å². The first-order chi connectivity index (χ1) is 11.4. The number of carbonyl (C=O) groups is 1. The van der Waals surface area contributed by atoms with E-state index in [1.807, 2.05) is 26.0 Å². The summed E-state index contributed by atoms with van der Waals surface area (Å²) in [4.78, 5) is 18.7. The van der Waals surface area contributed by atoms with Gasteiger partial charge in [-0.05, 0) is 49.3 Å². The van der Waals surface area contributed by atoms with Crippen LogP contribution in [0.15, 0.2) is 18.3 Å². The SMILES string of the molecule is CC(O)CC(C)(C)CNC(=O)NCc1ccnc(N2CCCC2)c1. The van der Waals surface area contributed by atoms with Gasteiger partial charge in [-0.1, -0.05) is 13.8 Å². The lowest BCUT2D eigenvalue weighted by molar-refractivity contribution is 0.129. The third kappa shape index (κ3) is 6.00. The fourth-order valence-corrected chi connectivity index (χ4v) is 3.13. The number of nitrogens with one attached hydrogen (secondary N) is 2. The van der Waals surface area contributed by atoms with Crippen molar-refractivity contribution < 1.29 is 9.90 Å². The van der Waals surface area contributed by atoms with Crippen LogP contribution in [0.5, 0.6) is 0 Å². The Labute approximate surface area is 144 Å². The van der Waals surface area contributed by atoms with E-state index in [9.17, 15) is 9.90 Å². The molecule has 3 N–H and O–H groups in total. The first-order valence-electron chi connectivity index (χ1n) is 8.75. The Morgan fingerprint density at radius 1 is 1.38 bits per heavy atom. The number of carbonyl (C=O) groups excluding carboxylic acids is 1. The fraction of sp³-hybridized carbons (Fsp3) is 0.667. The predicted octanol–water partition coefficient (Wildman–Crippen LogP) is 2.28. The molecule has 1 aliphatic heterocycles. The molecule has 0 bridgehead atoms. The molecule has 1 aromatic heterocycles. The number of hydrogen-bond acceptors (Lipinski definition) is 4. The molecule has 6 heteroatoms. The Kier molecular flexibility index (Phi) is 6.43. The number of pyridine rings is 1. The molecule has 0 aromatic carbocycles. The summed E-state index contributed by atoms with van der Waals surface area (Å²) in [6, 6.07) is 3.79. The maximum absolute atomic E-state index is 12.0. The van der Waals surface area contributed by atoms with E-state index in [0.29, 0.717) is 19.5 Å². The van der Waals surface area contributed by atoms with Crippen LogP contribution in [-0.2, 0) is 6.54 Å². The van der Waals surface area contributed by atoms with Gasteiger partial charge in [0.2, 0.25) is 0 Å². The Morgan fingerprint density at radius 2 is 2.08 bits per heavy atom. The number of hydrogen-bond donors (Lipinski definition) is 3. The summed E-state index contributed by atoms with van der Waals surface area (Å²) in [7, 11) is 0. The summed E-state index contributed by atoms with van der Waals surface area (Å²) >= 11 is 0. The van der Waals surface area contributed by atoms with E-state index < -0.39 is 0 Å². The number of aromatic nitrogens is 1. The standard InChI is InChI=1S/C18H30N4O2/c1-14(23)11-18(2,3)13-21-17(24)20-12-15-6-7-19-16(10-15)22-8-4-5-9-22/h6-7,10,14,23H,4-5,8-9,11-13H2,1-3H3,(H2,20,21,24). The third-order valence-electron chi connectivity index (χ3n) is 4.27. The molecule has 6 nitrogen and oxygen atoms in total. The van der Waals surface area contributed by atoms with E-state index in [-0.39, 0.29) is 17.6 Å². The molecule has 1 aromatic rings. The van der Waals surface area contributed by atoms with E-state index in [2.05, 4.69) is 20.5 Å². The molecule has 2 amide bonds. The molecule has 1 unspecified atom stereocenters. The van der Waals surface area contributed by atoms with Crippen LogP contribution in [0.4, 0.5) is 10.6 Å². The number of urea groups is 1. The summed E-state index contributed by atoms with van der Waals surface area (Å²) in [5.41, 5.74) is 0.913. The van der Waals surface area contributed by atoms with Crippen LogP contribution in [0.2, 0.25) is 0 Å². The number of anilines is 1. The Morgan fingerprint density at radius 3 is 2.75 bits per heavy atom. The number of aliphatic hydroxyl groups excluding tert-OH is 1. The third-order valence-corrected chi connectivity index (χ3v) is 4.27. The van der Waals surface area contributed by atoms with Crippen LogP contribution in [0.1, 0.15) is 45.6 Å². The highest BCUT2D eigenvalue weighted by Gasteiger charge is 2.21. The van der Waals surface area contributed by atoms with E-state index in [0.717, 1.165) is 24.5 Å². The maximum atomic E-state index is 12.0. The largest absolute Gasteiger partial charge is 0.393 e. The maximum Gasteiger partial charge on any atom is 0.315 e. The van der Waals surface area contributed by atoms with Gasteiger partial charge in [0.1, 0.15) is 5.82 Å². The molecule has 1 saturated heterocycles. The van der Waals surface area contributed by atoms with Gasteiger partial charge in [0.05, 0.1) is 6.10 Å². The Hall–Kier alpha value is -1.82. The Bertz CT molecular complexity index is 540. The van der Waals surface area contributed by atoms with Crippen molar-refractivity contribution in [2.45, 2.75) is 52.7 Å². The van der Waals surface area contributed by atoms with Gasteiger partial charge in [0.25, 0.3) is 0 Å². The normalized spacial score (nSPS) is 16.1. The minimum absolute atomic E-state index is 0.134. The highest BCUT2D eigenvalue weighted by molar-refractivity contribution is 5.73. The second kappa shape index (κ2) is 8.33. The van der Waals surface area contributed by atoms with E-state index in [1.54, 1.807) is 13.1 Å². The zero-order chi connectivity index (χ0) is 17.6. The van der Waals surface area contributed by atoms with E-state index in [1.165, 1.54) is 12.8 Å². The quantitative estimate of drug-likeness (QED) is 0.715.